The van der Waals surface area contributed by atoms with Gasteiger partial charge in [-0.1, -0.05) is 91.0 Å². The molecule has 1 unspecified atom stereocenters. The van der Waals surface area contributed by atoms with E-state index >= 15 is 0 Å². The first-order valence-electron chi connectivity index (χ1n) is 15.5. The Labute approximate surface area is 250 Å². The molecule has 1 saturated carbocycles. The van der Waals surface area contributed by atoms with Crippen LogP contribution in [-0.4, -0.2) is 29.9 Å². The van der Waals surface area contributed by atoms with E-state index < -0.39 is 0 Å². The summed E-state index contributed by atoms with van der Waals surface area (Å²) in [6.07, 6.45) is 15.3. The first-order chi connectivity index (χ1) is 19.4. The number of nitrogens with zero attached hydrogens (tertiary/aromatic N) is 2. The summed E-state index contributed by atoms with van der Waals surface area (Å²) in [4.78, 5) is 2.40. The molecule has 1 aliphatic carbocycles. The van der Waals surface area contributed by atoms with Crippen molar-refractivity contribution in [1.29, 1.82) is 0 Å². The fourth-order valence-electron chi connectivity index (χ4n) is 7.26. The molecule has 1 fully saturated rings. The molecule has 2 aliphatic rings. The zero-order valence-corrected chi connectivity index (χ0v) is 26.3. The fraction of sp³-hybridized carbons (Fsp3) is 0.432. The van der Waals surface area contributed by atoms with Gasteiger partial charge in [-0.15, -0.1) is 0 Å². The van der Waals surface area contributed by atoms with Gasteiger partial charge in [-0.05, 0) is 84.6 Å². The maximum Gasteiger partial charge on any atom is 0.210 e. The summed E-state index contributed by atoms with van der Waals surface area (Å²) in [5, 5.41) is 2.67. The molecule has 1 heterocycles. The second-order valence-corrected chi connectivity index (χ2v) is 13.1. The van der Waals surface area contributed by atoms with E-state index in [1.54, 1.807) is 0 Å². The minimum absolute atomic E-state index is 0.167. The number of fused-ring (bicyclic) bond motifs is 3. The van der Waals surface area contributed by atoms with Gasteiger partial charge in [0.05, 0.1) is 5.41 Å². The Hall–Kier alpha value is -2.65. The Morgan fingerprint density at radius 2 is 1.70 bits per heavy atom. The zero-order valence-electron chi connectivity index (χ0n) is 24.8. The molecule has 0 N–H and O–H groups in total. The number of halogens is 1. The predicted octanol–water partition coefficient (Wildman–Crippen LogP) is 10.4. The average molecular weight is 599 g/mol. The molecular formula is C37H46BrN2+. The van der Waals surface area contributed by atoms with Crippen LogP contribution in [0.4, 0.5) is 11.4 Å². The predicted molar refractivity (Wildman–Crippen MR) is 179 cm³/mol. The Kier molecular flexibility index (Phi) is 9.31. The van der Waals surface area contributed by atoms with Gasteiger partial charge < -0.3 is 4.90 Å². The zero-order chi connectivity index (χ0) is 28.1. The average Bonchev–Trinajstić information content (AvgIpc) is 3.55. The number of hydrogen-bond acceptors (Lipinski definition) is 1. The van der Waals surface area contributed by atoms with Gasteiger partial charge in [0.15, 0.2) is 5.71 Å². The van der Waals surface area contributed by atoms with Crippen LogP contribution in [0, 0.1) is 5.92 Å². The van der Waals surface area contributed by atoms with Crippen LogP contribution in [0.3, 0.4) is 0 Å². The van der Waals surface area contributed by atoms with Gasteiger partial charge in [0, 0.05) is 42.9 Å². The van der Waals surface area contributed by atoms with Gasteiger partial charge in [0.2, 0.25) is 5.69 Å². The summed E-state index contributed by atoms with van der Waals surface area (Å²) in [6.45, 7) is 14.3. The van der Waals surface area contributed by atoms with Crippen molar-refractivity contribution in [1.82, 2.24) is 0 Å². The molecule has 3 aromatic carbocycles. The van der Waals surface area contributed by atoms with E-state index in [9.17, 15) is 0 Å². The van der Waals surface area contributed by atoms with Crippen LogP contribution in [-0.2, 0) is 5.41 Å². The van der Waals surface area contributed by atoms with Crippen molar-refractivity contribution in [3.05, 3.63) is 88.9 Å². The molecule has 5 rings (SSSR count). The van der Waals surface area contributed by atoms with Crippen molar-refractivity contribution in [2.75, 3.05) is 24.5 Å². The van der Waals surface area contributed by atoms with Crippen LogP contribution in [0.15, 0.2) is 77.8 Å². The number of allylic oxidation sites excluding steroid dienone is 2. The molecule has 0 aromatic heterocycles. The molecule has 0 bridgehead atoms. The van der Waals surface area contributed by atoms with Crippen molar-refractivity contribution < 1.29 is 4.58 Å². The van der Waals surface area contributed by atoms with Crippen LogP contribution in [0.25, 0.3) is 16.8 Å². The van der Waals surface area contributed by atoms with E-state index in [2.05, 4.69) is 126 Å². The lowest BCUT2D eigenvalue weighted by Crippen LogP contribution is -2.31. The summed E-state index contributed by atoms with van der Waals surface area (Å²) in [7, 11) is 0. The van der Waals surface area contributed by atoms with E-state index in [0.29, 0.717) is 0 Å². The van der Waals surface area contributed by atoms with E-state index in [1.807, 2.05) is 0 Å². The highest BCUT2D eigenvalue weighted by Crippen LogP contribution is 2.48. The molecule has 210 valence electrons. The number of anilines is 1. The standard InChI is InChI=1S/C37H46BrN2/c1-5-39(6-2)32-22-18-30(19-23-32)20-25-35-37(4,27-28(3)38)36-33-17-10-9-16-31(33)21-24-34(36)40(35)26-12-11-15-29-13-7-8-14-29/h9-10,16-25,29H,3,5-8,11-15,26-27H2,1-2,4H3/q+1. The van der Waals surface area contributed by atoms with Gasteiger partial charge in [0.25, 0.3) is 0 Å². The topological polar surface area (TPSA) is 6.25 Å². The van der Waals surface area contributed by atoms with Crippen LogP contribution in [0.2, 0.25) is 0 Å². The van der Waals surface area contributed by atoms with Crippen LogP contribution in [0.5, 0.6) is 0 Å². The van der Waals surface area contributed by atoms with Crippen LogP contribution >= 0.6 is 15.9 Å². The van der Waals surface area contributed by atoms with Crippen LogP contribution < -0.4 is 4.90 Å². The molecule has 3 heteroatoms. The maximum absolute atomic E-state index is 4.31. The molecule has 0 saturated heterocycles. The van der Waals surface area contributed by atoms with Gasteiger partial charge in [-0.3, -0.25) is 0 Å². The van der Waals surface area contributed by atoms with E-state index in [1.165, 1.54) is 83.9 Å². The molecule has 0 spiro atoms. The highest BCUT2D eigenvalue weighted by atomic mass is 79.9. The number of rotatable bonds is 12. The monoisotopic (exact) mass is 597 g/mol. The third-order valence-electron chi connectivity index (χ3n) is 9.33. The largest absolute Gasteiger partial charge is 0.372 e. The molecular weight excluding hydrogens is 552 g/mol. The smallest absolute Gasteiger partial charge is 0.210 e. The molecule has 1 atom stereocenters. The fourth-order valence-corrected chi connectivity index (χ4v) is 7.82. The Balaban J connectivity index is 1.52. The third-order valence-corrected chi connectivity index (χ3v) is 9.61. The minimum atomic E-state index is -0.167. The van der Waals surface area contributed by atoms with Crippen molar-refractivity contribution in [3.8, 4) is 0 Å². The Morgan fingerprint density at radius 1 is 0.975 bits per heavy atom. The van der Waals surface area contributed by atoms with Crippen molar-refractivity contribution in [2.24, 2.45) is 5.92 Å². The summed E-state index contributed by atoms with van der Waals surface area (Å²) >= 11 is 3.76. The highest BCUT2D eigenvalue weighted by Gasteiger charge is 2.48. The van der Waals surface area contributed by atoms with Gasteiger partial charge >= 0.3 is 0 Å². The summed E-state index contributed by atoms with van der Waals surface area (Å²) in [5.74, 6) is 0.958. The maximum atomic E-state index is 4.31. The van der Waals surface area contributed by atoms with Crippen molar-refractivity contribution >= 4 is 49.9 Å². The second-order valence-electron chi connectivity index (χ2n) is 12.0. The van der Waals surface area contributed by atoms with Crippen molar-refractivity contribution in [3.63, 3.8) is 0 Å². The summed E-state index contributed by atoms with van der Waals surface area (Å²) < 4.78 is 3.68. The highest BCUT2D eigenvalue weighted by molar-refractivity contribution is 9.11. The SMILES string of the molecule is C=C(Br)CC1(C)C(C=Cc2ccc(N(CC)CC)cc2)=[N+](CCCCC2CCCC2)c2ccc3ccccc3c21. The second kappa shape index (κ2) is 12.9. The van der Waals surface area contributed by atoms with Gasteiger partial charge in [-0.2, -0.15) is 4.58 Å². The molecule has 40 heavy (non-hydrogen) atoms. The quantitative estimate of drug-likeness (QED) is 0.149. The normalized spacial score (nSPS) is 19.2. The summed E-state index contributed by atoms with van der Waals surface area (Å²) in [6, 6.07) is 22.6. The third kappa shape index (κ3) is 6.00. The summed E-state index contributed by atoms with van der Waals surface area (Å²) in [5.41, 5.74) is 6.56. The number of hydrogen-bond donors (Lipinski definition) is 0. The van der Waals surface area contributed by atoms with Crippen LogP contribution in [0.1, 0.15) is 83.3 Å². The first-order valence-corrected chi connectivity index (χ1v) is 16.3. The van der Waals surface area contributed by atoms with E-state index in [-0.39, 0.29) is 5.41 Å². The molecule has 0 amide bonds. The van der Waals surface area contributed by atoms with E-state index in [0.717, 1.165) is 36.5 Å². The van der Waals surface area contributed by atoms with Gasteiger partial charge in [0.1, 0.15) is 6.54 Å². The van der Waals surface area contributed by atoms with Crippen molar-refractivity contribution in [2.45, 2.75) is 77.6 Å². The molecule has 3 aromatic rings. The number of benzene rings is 3. The van der Waals surface area contributed by atoms with Gasteiger partial charge in [-0.25, -0.2) is 0 Å². The number of unbranched alkanes of at least 4 members (excludes halogenated alkanes) is 1. The molecule has 0 radical (unpaired) electrons. The Bertz CT molecular complexity index is 1390. The lowest BCUT2D eigenvalue weighted by atomic mass is 9.74. The lowest BCUT2D eigenvalue weighted by Gasteiger charge is -2.23. The Morgan fingerprint density at radius 3 is 2.40 bits per heavy atom. The van der Waals surface area contributed by atoms with E-state index in [4.69, 9.17) is 0 Å². The first kappa shape index (κ1) is 28.9. The minimum Gasteiger partial charge on any atom is -0.372 e. The lowest BCUT2D eigenvalue weighted by molar-refractivity contribution is -0.438. The molecule has 2 nitrogen and oxygen atoms in total. The molecule has 1 aliphatic heterocycles.